The van der Waals surface area contributed by atoms with Gasteiger partial charge in [0, 0.05) is 18.0 Å². The Hall–Kier alpha value is -3.55. The van der Waals surface area contributed by atoms with Crippen LogP contribution in [0.4, 0.5) is 18.9 Å². The minimum absolute atomic E-state index is 0.244. The molecule has 150 valence electrons. The average molecular weight is 402 g/mol. The number of nitrogens with one attached hydrogen (secondary N) is 1. The average Bonchev–Trinajstić information content (AvgIpc) is 2.65. The Balaban J connectivity index is 1.74. The summed E-state index contributed by atoms with van der Waals surface area (Å²) in [5.74, 6) is -0.879. The van der Waals surface area contributed by atoms with Gasteiger partial charge in [-0.15, -0.1) is 13.2 Å². The van der Waals surface area contributed by atoms with Gasteiger partial charge in [0.1, 0.15) is 5.75 Å². The number of anilines is 1. The maximum Gasteiger partial charge on any atom is 0.573 e. The highest BCUT2D eigenvalue weighted by Crippen LogP contribution is 2.24. The lowest BCUT2D eigenvalue weighted by atomic mass is 10.1. The third-order valence-corrected chi connectivity index (χ3v) is 4.19. The van der Waals surface area contributed by atoms with Gasteiger partial charge in [0.25, 0.3) is 11.5 Å². The van der Waals surface area contributed by atoms with Crippen molar-refractivity contribution in [1.82, 2.24) is 4.57 Å². The van der Waals surface area contributed by atoms with E-state index in [1.165, 1.54) is 35.0 Å². The number of aryl methyl sites for hydroxylation is 1. The van der Waals surface area contributed by atoms with Crippen LogP contribution >= 0.6 is 0 Å². The Labute approximate surface area is 164 Å². The smallest absolute Gasteiger partial charge is 0.406 e. The van der Waals surface area contributed by atoms with E-state index >= 15 is 0 Å². The summed E-state index contributed by atoms with van der Waals surface area (Å²) in [6.07, 6.45) is -3.33. The van der Waals surface area contributed by atoms with Crippen molar-refractivity contribution in [2.75, 3.05) is 5.32 Å². The fraction of sp³-hybridized carbons (Fsp3) is 0.143. The predicted octanol–water partition coefficient (Wildman–Crippen LogP) is 4.36. The van der Waals surface area contributed by atoms with Crippen LogP contribution in [0, 0.1) is 6.92 Å². The number of carbonyl (C=O) groups is 1. The molecule has 8 heteroatoms. The first-order valence-electron chi connectivity index (χ1n) is 8.63. The molecule has 0 aliphatic rings. The van der Waals surface area contributed by atoms with E-state index in [9.17, 15) is 22.8 Å². The molecular formula is C21H17F3N2O3. The second-order valence-corrected chi connectivity index (χ2v) is 6.34. The number of rotatable bonds is 5. The zero-order valence-electron chi connectivity index (χ0n) is 15.4. The minimum atomic E-state index is -4.78. The van der Waals surface area contributed by atoms with Gasteiger partial charge in [-0.05, 0) is 48.4 Å². The number of aromatic nitrogens is 1. The summed E-state index contributed by atoms with van der Waals surface area (Å²) >= 11 is 0. The molecule has 2 aromatic carbocycles. The monoisotopic (exact) mass is 402 g/mol. The second kappa shape index (κ2) is 8.22. The van der Waals surface area contributed by atoms with E-state index in [-0.39, 0.29) is 16.9 Å². The number of pyridine rings is 1. The molecule has 0 saturated carbocycles. The highest BCUT2D eigenvalue weighted by atomic mass is 19.4. The van der Waals surface area contributed by atoms with Crippen LogP contribution in [0.5, 0.6) is 5.75 Å². The summed E-state index contributed by atoms with van der Waals surface area (Å²) in [6, 6.07) is 15.1. The van der Waals surface area contributed by atoms with Crippen molar-refractivity contribution in [1.29, 1.82) is 0 Å². The molecule has 0 unspecified atom stereocenters. The number of hydrogen-bond donors (Lipinski definition) is 1. The van der Waals surface area contributed by atoms with E-state index in [4.69, 9.17) is 0 Å². The van der Waals surface area contributed by atoms with Crippen LogP contribution in [0.2, 0.25) is 0 Å². The van der Waals surface area contributed by atoms with E-state index in [2.05, 4.69) is 10.1 Å². The van der Waals surface area contributed by atoms with Gasteiger partial charge in [0.2, 0.25) is 0 Å². The van der Waals surface area contributed by atoms with Crippen molar-refractivity contribution in [2.24, 2.45) is 0 Å². The zero-order valence-corrected chi connectivity index (χ0v) is 15.4. The zero-order chi connectivity index (χ0) is 21.0. The van der Waals surface area contributed by atoms with Gasteiger partial charge in [0.05, 0.1) is 12.1 Å². The van der Waals surface area contributed by atoms with Crippen molar-refractivity contribution < 1.29 is 22.7 Å². The molecule has 0 atom stereocenters. The molecule has 29 heavy (non-hydrogen) atoms. The number of alkyl halides is 3. The molecule has 0 spiro atoms. The molecule has 1 amide bonds. The molecule has 3 aromatic rings. The number of carbonyl (C=O) groups excluding carboxylic acids is 1. The van der Waals surface area contributed by atoms with Crippen LogP contribution < -0.4 is 15.6 Å². The molecule has 5 nitrogen and oxygen atoms in total. The lowest BCUT2D eigenvalue weighted by molar-refractivity contribution is -0.274. The molecule has 0 aliphatic heterocycles. The topological polar surface area (TPSA) is 60.3 Å². The van der Waals surface area contributed by atoms with Crippen molar-refractivity contribution in [3.05, 3.63) is 93.9 Å². The van der Waals surface area contributed by atoms with Crippen molar-refractivity contribution in [3.63, 3.8) is 0 Å². The van der Waals surface area contributed by atoms with E-state index in [1.807, 2.05) is 31.2 Å². The predicted molar refractivity (Wildman–Crippen MR) is 102 cm³/mol. The molecule has 1 N–H and O–H groups in total. The lowest BCUT2D eigenvalue weighted by Crippen LogP contribution is -2.23. The standard InChI is InChI=1S/C21H17F3N2O3/c1-14-4-2-3-5-15(14)12-26-13-16(6-11-19(26)27)20(28)25-17-7-9-18(10-8-17)29-21(22,23)24/h2-11,13H,12H2,1H3,(H,25,28). The Kier molecular flexibility index (Phi) is 5.72. The van der Waals surface area contributed by atoms with Crippen molar-refractivity contribution in [2.45, 2.75) is 19.8 Å². The van der Waals surface area contributed by atoms with Crippen molar-refractivity contribution in [3.8, 4) is 5.75 Å². The number of benzene rings is 2. The van der Waals surface area contributed by atoms with Crippen LogP contribution in [0.15, 0.2) is 71.7 Å². The van der Waals surface area contributed by atoms with Gasteiger partial charge in [-0.3, -0.25) is 9.59 Å². The Bertz CT molecular complexity index is 1070. The normalized spacial score (nSPS) is 11.2. The Morgan fingerprint density at radius 1 is 1.03 bits per heavy atom. The van der Waals surface area contributed by atoms with E-state index in [1.54, 1.807) is 0 Å². The SMILES string of the molecule is Cc1ccccc1Cn1cc(C(=O)Nc2ccc(OC(F)(F)F)cc2)ccc1=O. The first-order chi connectivity index (χ1) is 13.7. The summed E-state index contributed by atoms with van der Waals surface area (Å²) < 4.78 is 41.8. The molecule has 1 heterocycles. The summed E-state index contributed by atoms with van der Waals surface area (Å²) in [5, 5.41) is 2.58. The first-order valence-corrected chi connectivity index (χ1v) is 8.63. The molecular weight excluding hydrogens is 385 g/mol. The number of amides is 1. The third kappa shape index (κ3) is 5.47. The largest absolute Gasteiger partial charge is 0.573 e. The third-order valence-electron chi connectivity index (χ3n) is 4.19. The number of nitrogens with zero attached hydrogens (tertiary/aromatic N) is 1. The van der Waals surface area contributed by atoms with Crippen LogP contribution in [-0.2, 0) is 6.54 Å². The van der Waals surface area contributed by atoms with E-state index < -0.39 is 12.3 Å². The van der Waals surface area contributed by atoms with Crippen LogP contribution in [0.25, 0.3) is 0 Å². The van der Waals surface area contributed by atoms with E-state index in [0.29, 0.717) is 12.2 Å². The Morgan fingerprint density at radius 3 is 2.38 bits per heavy atom. The van der Waals surface area contributed by atoms with Crippen molar-refractivity contribution >= 4 is 11.6 Å². The highest BCUT2D eigenvalue weighted by Gasteiger charge is 2.30. The minimum Gasteiger partial charge on any atom is -0.406 e. The van der Waals surface area contributed by atoms with Gasteiger partial charge >= 0.3 is 6.36 Å². The molecule has 1 aromatic heterocycles. The molecule has 0 radical (unpaired) electrons. The van der Waals surface area contributed by atoms with E-state index in [0.717, 1.165) is 23.3 Å². The van der Waals surface area contributed by atoms with Gasteiger partial charge in [0.15, 0.2) is 0 Å². The molecule has 0 aliphatic carbocycles. The fourth-order valence-corrected chi connectivity index (χ4v) is 2.70. The molecule has 0 saturated heterocycles. The molecule has 0 bridgehead atoms. The van der Waals surface area contributed by atoms with Crippen LogP contribution in [-0.4, -0.2) is 16.8 Å². The lowest BCUT2D eigenvalue weighted by Gasteiger charge is -2.12. The van der Waals surface area contributed by atoms with Crippen LogP contribution in [0.1, 0.15) is 21.5 Å². The number of halogens is 3. The maximum absolute atomic E-state index is 12.5. The second-order valence-electron chi connectivity index (χ2n) is 6.34. The Morgan fingerprint density at radius 2 is 1.72 bits per heavy atom. The maximum atomic E-state index is 12.5. The quantitative estimate of drug-likeness (QED) is 0.690. The first kappa shape index (κ1) is 20.2. The van der Waals surface area contributed by atoms with Gasteiger partial charge in [-0.2, -0.15) is 0 Å². The highest BCUT2D eigenvalue weighted by molar-refractivity contribution is 6.04. The summed E-state index contributed by atoms with van der Waals surface area (Å²) in [7, 11) is 0. The van der Waals surface area contributed by atoms with Gasteiger partial charge < -0.3 is 14.6 Å². The molecule has 0 fully saturated rings. The van der Waals surface area contributed by atoms with Gasteiger partial charge in [-0.25, -0.2) is 0 Å². The fourth-order valence-electron chi connectivity index (χ4n) is 2.70. The summed E-state index contributed by atoms with van der Waals surface area (Å²) in [5.41, 5.74) is 2.26. The molecule has 3 rings (SSSR count). The number of ether oxygens (including phenoxy) is 1. The van der Waals surface area contributed by atoms with Gasteiger partial charge in [-0.1, -0.05) is 24.3 Å². The van der Waals surface area contributed by atoms with Crippen LogP contribution in [0.3, 0.4) is 0 Å². The number of hydrogen-bond acceptors (Lipinski definition) is 3. The summed E-state index contributed by atoms with van der Waals surface area (Å²) in [6.45, 7) is 2.25. The summed E-state index contributed by atoms with van der Waals surface area (Å²) in [4.78, 5) is 24.6.